The lowest BCUT2D eigenvalue weighted by molar-refractivity contribution is 0.151. The van der Waals surface area contributed by atoms with Crippen molar-refractivity contribution in [1.82, 2.24) is 10.1 Å². The molecule has 0 amide bonds. The maximum Gasteiger partial charge on any atom is 0.252 e. The SMILES string of the molecule is COCc1nc(-c2cc(OC)c(OCc3ccccc3)cc2I)no1. The minimum atomic E-state index is 0.277. The molecule has 130 valence electrons. The fourth-order valence-electron chi connectivity index (χ4n) is 2.26. The van der Waals surface area contributed by atoms with E-state index in [0.29, 0.717) is 29.8 Å². The van der Waals surface area contributed by atoms with E-state index in [2.05, 4.69) is 32.7 Å². The molecule has 0 unspecified atom stereocenters. The summed E-state index contributed by atoms with van der Waals surface area (Å²) in [7, 11) is 3.18. The summed E-state index contributed by atoms with van der Waals surface area (Å²) in [5, 5.41) is 4.00. The lowest BCUT2D eigenvalue weighted by Crippen LogP contribution is -1.99. The second kappa shape index (κ2) is 8.30. The highest BCUT2D eigenvalue weighted by Gasteiger charge is 2.16. The zero-order chi connectivity index (χ0) is 17.6. The van der Waals surface area contributed by atoms with Gasteiger partial charge in [0.25, 0.3) is 5.89 Å². The van der Waals surface area contributed by atoms with Gasteiger partial charge < -0.3 is 18.7 Å². The number of halogens is 1. The molecule has 2 aromatic carbocycles. The standard InChI is InChI=1S/C18H17IN2O4/c1-22-11-17-20-18(21-25-17)13-8-15(23-2)16(9-14(13)19)24-10-12-6-4-3-5-7-12/h3-9H,10-11H2,1-2H3. The van der Waals surface area contributed by atoms with Crippen LogP contribution in [-0.4, -0.2) is 24.4 Å². The summed E-state index contributed by atoms with van der Waals surface area (Å²) in [5.74, 6) is 2.20. The highest BCUT2D eigenvalue weighted by atomic mass is 127. The van der Waals surface area contributed by atoms with Gasteiger partial charge in [-0.3, -0.25) is 0 Å². The average Bonchev–Trinajstić information content (AvgIpc) is 3.09. The van der Waals surface area contributed by atoms with E-state index in [1.807, 2.05) is 42.5 Å². The monoisotopic (exact) mass is 452 g/mol. The molecule has 0 saturated carbocycles. The number of rotatable bonds is 7. The number of benzene rings is 2. The third-order valence-corrected chi connectivity index (χ3v) is 4.36. The summed E-state index contributed by atoms with van der Waals surface area (Å²) in [6, 6.07) is 13.7. The van der Waals surface area contributed by atoms with Gasteiger partial charge >= 0.3 is 0 Å². The molecule has 0 radical (unpaired) electrons. The maximum absolute atomic E-state index is 5.92. The van der Waals surface area contributed by atoms with Crippen LogP contribution in [0.4, 0.5) is 0 Å². The quantitative estimate of drug-likeness (QED) is 0.504. The second-order valence-electron chi connectivity index (χ2n) is 5.20. The topological polar surface area (TPSA) is 66.6 Å². The van der Waals surface area contributed by atoms with Gasteiger partial charge in [0.1, 0.15) is 13.2 Å². The molecule has 3 rings (SSSR count). The Balaban J connectivity index is 1.84. The van der Waals surface area contributed by atoms with Crippen molar-refractivity contribution in [2.45, 2.75) is 13.2 Å². The zero-order valence-corrected chi connectivity index (χ0v) is 16.0. The number of hydrogen-bond acceptors (Lipinski definition) is 6. The number of ether oxygens (including phenoxy) is 3. The smallest absolute Gasteiger partial charge is 0.252 e. The fraction of sp³-hybridized carbons (Fsp3) is 0.222. The van der Waals surface area contributed by atoms with Gasteiger partial charge in [0.15, 0.2) is 11.5 Å². The Bertz CT molecular complexity index is 836. The van der Waals surface area contributed by atoms with Crippen LogP contribution < -0.4 is 9.47 Å². The van der Waals surface area contributed by atoms with Crippen molar-refractivity contribution in [2.75, 3.05) is 14.2 Å². The first kappa shape index (κ1) is 17.7. The molecule has 25 heavy (non-hydrogen) atoms. The van der Waals surface area contributed by atoms with E-state index in [1.165, 1.54) is 0 Å². The largest absolute Gasteiger partial charge is 0.493 e. The Morgan fingerprint density at radius 3 is 2.56 bits per heavy atom. The van der Waals surface area contributed by atoms with E-state index in [9.17, 15) is 0 Å². The normalized spacial score (nSPS) is 10.7. The molecule has 0 N–H and O–H groups in total. The van der Waals surface area contributed by atoms with Gasteiger partial charge in [0.2, 0.25) is 5.82 Å². The van der Waals surface area contributed by atoms with E-state index < -0.39 is 0 Å². The maximum atomic E-state index is 5.92. The minimum absolute atomic E-state index is 0.277. The molecular formula is C18H17IN2O4. The van der Waals surface area contributed by atoms with E-state index in [1.54, 1.807) is 14.2 Å². The zero-order valence-electron chi connectivity index (χ0n) is 13.9. The fourth-order valence-corrected chi connectivity index (χ4v) is 2.94. The van der Waals surface area contributed by atoms with Crippen molar-refractivity contribution in [2.24, 2.45) is 0 Å². The third kappa shape index (κ3) is 4.29. The van der Waals surface area contributed by atoms with Crippen molar-refractivity contribution in [3.8, 4) is 22.9 Å². The van der Waals surface area contributed by atoms with Crippen LogP contribution in [0.25, 0.3) is 11.4 Å². The molecular weight excluding hydrogens is 435 g/mol. The van der Waals surface area contributed by atoms with E-state index in [-0.39, 0.29) is 6.61 Å². The van der Waals surface area contributed by atoms with Gasteiger partial charge in [-0.15, -0.1) is 0 Å². The third-order valence-electron chi connectivity index (χ3n) is 3.47. The molecule has 3 aromatic rings. The van der Waals surface area contributed by atoms with Gasteiger partial charge in [0.05, 0.1) is 7.11 Å². The molecule has 0 aliphatic carbocycles. The molecule has 6 nitrogen and oxygen atoms in total. The van der Waals surface area contributed by atoms with Crippen LogP contribution in [0.15, 0.2) is 47.0 Å². The first-order valence-electron chi connectivity index (χ1n) is 7.57. The number of hydrogen-bond donors (Lipinski definition) is 0. The Hall–Kier alpha value is -2.13. The Labute approximate surface area is 159 Å². The van der Waals surface area contributed by atoms with E-state index >= 15 is 0 Å². The van der Waals surface area contributed by atoms with Crippen LogP contribution in [-0.2, 0) is 18.0 Å². The van der Waals surface area contributed by atoms with Gasteiger partial charge in [-0.2, -0.15) is 4.98 Å². The minimum Gasteiger partial charge on any atom is -0.493 e. The Morgan fingerprint density at radius 1 is 1.04 bits per heavy atom. The number of nitrogens with zero attached hydrogens (tertiary/aromatic N) is 2. The summed E-state index contributed by atoms with van der Waals surface area (Å²) in [5.41, 5.74) is 1.90. The molecule has 7 heteroatoms. The highest BCUT2D eigenvalue weighted by molar-refractivity contribution is 14.1. The van der Waals surface area contributed by atoms with Crippen molar-refractivity contribution >= 4 is 22.6 Å². The molecule has 1 aromatic heterocycles. The lowest BCUT2D eigenvalue weighted by Gasteiger charge is -2.13. The van der Waals surface area contributed by atoms with Crippen LogP contribution in [0.3, 0.4) is 0 Å². The summed E-state index contributed by atoms with van der Waals surface area (Å²) < 4.78 is 22.5. The van der Waals surface area contributed by atoms with E-state index in [4.69, 9.17) is 18.7 Å². The molecule has 0 saturated heterocycles. The summed E-state index contributed by atoms with van der Waals surface area (Å²) >= 11 is 2.22. The summed E-state index contributed by atoms with van der Waals surface area (Å²) in [6.45, 7) is 0.742. The predicted octanol–water partition coefficient (Wildman–Crippen LogP) is 4.08. The van der Waals surface area contributed by atoms with Crippen molar-refractivity contribution in [3.05, 3.63) is 57.5 Å². The molecule has 0 bridgehead atoms. The molecule has 0 aliphatic heterocycles. The second-order valence-corrected chi connectivity index (χ2v) is 6.36. The molecule has 1 heterocycles. The van der Waals surface area contributed by atoms with Crippen LogP contribution in [0.2, 0.25) is 0 Å². The molecule has 0 fully saturated rings. The first-order chi connectivity index (χ1) is 12.2. The molecule has 0 atom stereocenters. The number of aromatic nitrogens is 2. The van der Waals surface area contributed by atoms with Gasteiger partial charge in [-0.1, -0.05) is 35.5 Å². The highest BCUT2D eigenvalue weighted by Crippen LogP contribution is 2.36. The van der Waals surface area contributed by atoms with Crippen LogP contribution in [0.1, 0.15) is 11.5 Å². The molecule has 0 spiro atoms. The van der Waals surface area contributed by atoms with Gasteiger partial charge in [0, 0.05) is 16.2 Å². The van der Waals surface area contributed by atoms with Crippen LogP contribution >= 0.6 is 22.6 Å². The lowest BCUT2D eigenvalue weighted by atomic mass is 10.2. The first-order valence-corrected chi connectivity index (χ1v) is 8.65. The van der Waals surface area contributed by atoms with Gasteiger partial charge in [-0.25, -0.2) is 0 Å². The van der Waals surface area contributed by atoms with Crippen molar-refractivity contribution in [3.63, 3.8) is 0 Å². The summed E-state index contributed by atoms with van der Waals surface area (Å²) in [4.78, 5) is 4.33. The summed E-state index contributed by atoms with van der Waals surface area (Å²) in [6.07, 6.45) is 0. The van der Waals surface area contributed by atoms with Crippen molar-refractivity contribution in [1.29, 1.82) is 0 Å². The van der Waals surface area contributed by atoms with Gasteiger partial charge in [-0.05, 0) is 40.3 Å². The Kier molecular flexibility index (Phi) is 5.87. The van der Waals surface area contributed by atoms with Crippen LogP contribution in [0.5, 0.6) is 11.5 Å². The number of methoxy groups -OCH3 is 2. The van der Waals surface area contributed by atoms with Crippen molar-refractivity contribution < 1.29 is 18.7 Å². The Morgan fingerprint density at radius 2 is 1.84 bits per heavy atom. The van der Waals surface area contributed by atoms with E-state index in [0.717, 1.165) is 14.7 Å². The van der Waals surface area contributed by atoms with Crippen LogP contribution in [0, 0.1) is 3.57 Å². The average molecular weight is 452 g/mol. The predicted molar refractivity (Wildman–Crippen MR) is 100 cm³/mol. The molecule has 0 aliphatic rings.